The van der Waals surface area contributed by atoms with E-state index in [0.29, 0.717) is 22.5 Å². The number of benzene rings is 2. The number of anilines is 1. The molecule has 0 radical (unpaired) electrons. The molecule has 4 rings (SSSR count). The molecular weight excluding hydrogens is 444 g/mol. The van der Waals surface area contributed by atoms with Crippen molar-refractivity contribution in [2.75, 3.05) is 18.0 Å². The number of thioether (sulfide) groups is 1. The van der Waals surface area contributed by atoms with Crippen LogP contribution in [0.4, 0.5) is 5.69 Å². The summed E-state index contributed by atoms with van der Waals surface area (Å²) in [5.41, 5.74) is 4.01. The topological polar surface area (TPSA) is 71.2 Å². The number of aromatic nitrogens is 3. The van der Waals surface area contributed by atoms with Gasteiger partial charge in [-0.3, -0.25) is 0 Å². The van der Waals surface area contributed by atoms with Crippen molar-refractivity contribution in [1.82, 2.24) is 14.8 Å². The van der Waals surface area contributed by atoms with Crippen molar-refractivity contribution < 1.29 is 9.90 Å². The number of rotatable bonds is 7. The Morgan fingerprint density at radius 1 is 1.16 bits per heavy atom. The van der Waals surface area contributed by atoms with Crippen molar-refractivity contribution in [3.8, 4) is 11.4 Å². The van der Waals surface area contributed by atoms with Gasteiger partial charge in [0.25, 0.3) is 0 Å². The van der Waals surface area contributed by atoms with Crippen LogP contribution in [-0.4, -0.2) is 38.9 Å². The second kappa shape index (κ2) is 9.79. The summed E-state index contributed by atoms with van der Waals surface area (Å²) >= 11 is 7.11. The number of aliphatic carboxylic acids is 1. The minimum atomic E-state index is -0.989. The highest BCUT2D eigenvalue weighted by atomic mass is 35.5. The fourth-order valence-corrected chi connectivity index (χ4v) is 4.83. The fourth-order valence-electron chi connectivity index (χ4n) is 3.83. The zero-order chi connectivity index (χ0) is 22.7. The molecule has 2 heterocycles. The Labute approximate surface area is 196 Å². The molecule has 0 saturated carbocycles. The summed E-state index contributed by atoms with van der Waals surface area (Å²) < 4.78 is 1.91. The highest BCUT2D eigenvalue weighted by Crippen LogP contribution is 2.32. The quantitative estimate of drug-likeness (QED) is 0.352. The molecule has 0 spiro atoms. The van der Waals surface area contributed by atoms with E-state index in [0.717, 1.165) is 41.5 Å². The molecule has 1 saturated heterocycles. The molecular formula is C24H25ClN4O2S. The molecule has 1 N–H and O–H groups in total. The van der Waals surface area contributed by atoms with Crippen LogP contribution in [0.3, 0.4) is 0 Å². The van der Waals surface area contributed by atoms with Gasteiger partial charge >= 0.3 is 5.97 Å². The van der Waals surface area contributed by atoms with E-state index in [1.54, 1.807) is 18.2 Å². The van der Waals surface area contributed by atoms with Crippen molar-refractivity contribution in [3.05, 3.63) is 63.5 Å². The van der Waals surface area contributed by atoms with E-state index >= 15 is 0 Å². The molecule has 0 atom stereocenters. The lowest BCUT2D eigenvalue weighted by Crippen LogP contribution is -2.17. The van der Waals surface area contributed by atoms with Gasteiger partial charge in [0.15, 0.2) is 11.0 Å². The predicted molar refractivity (Wildman–Crippen MR) is 130 cm³/mol. The summed E-state index contributed by atoms with van der Waals surface area (Å²) in [5, 5.41) is 19.6. The third-order valence-electron chi connectivity index (χ3n) is 5.56. The van der Waals surface area contributed by atoms with Crippen LogP contribution in [-0.2, 0) is 11.3 Å². The second-order valence-electron chi connectivity index (χ2n) is 7.71. The van der Waals surface area contributed by atoms with Gasteiger partial charge < -0.3 is 14.6 Å². The molecule has 8 heteroatoms. The predicted octanol–water partition coefficient (Wildman–Crippen LogP) is 5.74. The van der Waals surface area contributed by atoms with E-state index in [4.69, 9.17) is 11.6 Å². The number of hydrogen-bond acceptors (Lipinski definition) is 5. The second-order valence-corrected chi connectivity index (χ2v) is 9.15. The van der Waals surface area contributed by atoms with Gasteiger partial charge in [-0.15, -0.1) is 10.2 Å². The number of carboxylic acid groups (broad SMARTS) is 1. The van der Waals surface area contributed by atoms with Gasteiger partial charge in [0, 0.05) is 35.9 Å². The standard InChI is InChI=1S/C24H25ClN4O2S/c1-3-29-22(17-6-9-19(25)10-7-17)26-27-24(29)32-21(23(30)31)15-18-8-11-20(14-16(18)2)28-12-4-5-13-28/h6-11,14-15H,3-5,12-13H2,1-2H3,(H,30,31)/b21-15+. The maximum Gasteiger partial charge on any atom is 0.342 e. The molecule has 6 nitrogen and oxygen atoms in total. The first-order valence-electron chi connectivity index (χ1n) is 10.6. The summed E-state index contributed by atoms with van der Waals surface area (Å²) in [6.45, 7) is 6.77. The Morgan fingerprint density at radius 3 is 2.50 bits per heavy atom. The van der Waals surface area contributed by atoms with Crippen molar-refractivity contribution >= 4 is 41.1 Å². The lowest BCUT2D eigenvalue weighted by molar-refractivity contribution is -0.131. The Bertz CT molecular complexity index is 1150. The maximum absolute atomic E-state index is 12.0. The van der Waals surface area contributed by atoms with Crippen LogP contribution in [0.2, 0.25) is 5.02 Å². The zero-order valence-electron chi connectivity index (χ0n) is 18.1. The zero-order valence-corrected chi connectivity index (χ0v) is 19.7. The summed E-state index contributed by atoms with van der Waals surface area (Å²) in [4.78, 5) is 14.6. The van der Waals surface area contributed by atoms with Crippen LogP contribution in [0.5, 0.6) is 0 Å². The molecule has 0 unspecified atom stereocenters. The van der Waals surface area contributed by atoms with E-state index < -0.39 is 5.97 Å². The molecule has 0 bridgehead atoms. The summed E-state index contributed by atoms with van der Waals surface area (Å²) in [6, 6.07) is 13.6. The van der Waals surface area contributed by atoms with E-state index in [1.165, 1.54) is 18.5 Å². The third-order valence-corrected chi connectivity index (χ3v) is 6.81. The maximum atomic E-state index is 12.0. The first kappa shape index (κ1) is 22.4. The van der Waals surface area contributed by atoms with Gasteiger partial charge in [-0.25, -0.2) is 4.79 Å². The van der Waals surface area contributed by atoms with Crippen molar-refractivity contribution in [2.45, 2.75) is 38.4 Å². The minimum absolute atomic E-state index is 0.201. The Balaban J connectivity index is 1.62. The van der Waals surface area contributed by atoms with E-state index in [2.05, 4.69) is 27.2 Å². The van der Waals surface area contributed by atoms with Crippen LogP contribution < -0.4 is 4.90 Å². The van der Waals surface area contributed by atoms with Crippen LogP contribution >= 0.6 is 23.4 Å². The van der Waals surface area contributed by atoms with Crippen LogP contribution in [0.1, 0.15) is 30.9 Å². The molecule has 0 amide bonds. The van der Waals surface area contributed by atoms with Crippen molar-refractivity contribution in [2.24, 2.45) is 0 Å². The highest BCUT2D eigenvalue weighted by molar-refractivity contribution is 8.04. The number of nitrogens with zero attached hydrogens (tertiary/aromatic N) is 4. The molecule has 32 heavy (non-hydrogen) atoms. The molecule has 0 aliphatic carbocycles. The molecule has 2 aromatic carbocycles. The number of halogens is 1. The average Bonchev–Trinajstić information content (AvgIpc) is 3.45. The van der Waals surface area contributed by atoms with Crippen molar-refractivity contribution in [1.29, 1.82) is 0 Å². The van der Waals surface area contributed by atoms with Gasteiger partial charge in [0.1, 0.15) is 4.91 Å². The van der Waals surface area contributed by atoms with Gasteiger partial charge in [0.2, 0.25) is 0 Å². The van der Waals surface area contributed by atoms with Gasteiger partial charge in [0.05, 0.1) is 0 Å². The lowest BCUT2D eigenvalue weighted by Gasteiger charge is -2.18. The monoisotopic (exact) mass is 468 g/mol. The Hall–Kier alpha value is -2.77. The van der Waals surface area contributed by atoms with Crippen LogP contribution in [0, 0.1) is 6.92 Å². The van der Waals surface area contributed by atoms with Crippen LogP contribution in [0.25, 0.3) is 17.5 Å². The van der Waals surface area contributed by atoms with E-state index in [9.17, 15) is 9.90 Å². The summed E-state index contributed by atoms with van der Waals surface area (Å²) in [5.74, 6) is -0.306. The van der Waals surface area contributed by atoms with Crippen molar-refractivity contribution in [3.63, 3.8) is 0 Å². The third kappa shape index (κ3) is 4.84. The highest BCUT2D eigenvalue weighted by Gasteiger charge is 2.19. The van der Waals surface area contributed by atoms with Gasteiger partial charge in [-0.2, -0.15) is 0 Å². The summed E-state index contributed by atoms with van der Waals surface area (Å²) in [7, 11) is 0. The molecule has 1 aromatic heterocycles. The molecule has 1 fully saturated rings. The minimum Gasteiger partial charge on any atom is -0.477 e. The van der Waals surface area contributed by atoms with Crippen LogP contribution in [0.15, 0.2) is 52.5 Å². The molecule has 1 aliphatic heterocycles. The fraction of sp³-hybridized carbons (Fsp3) is 0.292. The number of aryl methyl sites for hydroxylation is 1. The average molecular weight is 469 g/mol. The smallest absolute Gasteiger partial charge is 0.342 e. The number of hydrogen-bond donors (Lipinski definition) is 1. The molecule has 3 aromatic rings. The van der Waals surface area contributed by atoms with Gasteiger partial charge in [-0.1, -0.05) is 17.7 Å². The molecule has 1 aliphatic rings. The van der Waals surface area contributed by atoms with Gasteiger partial charge in [-0.05, 0) is 92.1 Å². The largest absolute Gasteiger partial charge is 0.477 e. The first-order chi connectivity index (χ1) is 15.5. The number of carbonyl (C=O) groups is 1. The Morgan fingerprint density at radius 2 is 1.88 bits per heavy atom. The molecule has 166 valence electrons. The van der Waals surface area contributed by atoms with E-state index in [-0.39, 0.29) is 4.91 Å². The Kier molecular flexibility index (Phi) is 6.86. The first-order valence-corrected chi connectivity index (χ1v) is 11.8. The van der Waals surface area contributed by atoms with E-state index in [1.807, 2.05) is 36.6 Å². The SMILES string of the molecule is CCn1c(S/C(=C/c2ccc(N3CCCC3)cc2C)C(=O)O)nnc1-c1ccc(Cl)cc1. The summed E-state index contributed by atoms with van der Waals surface area (Å²) in [6.07, 6.45) is 4.15. The lowest BCUT2D eigenvalue weighted by atomic mass is 10.1. The normalized spacial score (nSPS) is 14.2. The number of carboxylic acids is 1.